The summed E-state index contributed by atoms with van der Waals surface area (Å²) in [6.45, 7) is 2.55. The van der Waals surface area contributed by atoms with Gasteiger partial charge in [0, 0.05) is 18.4 Å². The Bertz CT molecular complexity index is 574. The van der Waals surface area contributed by atoms with E-state index in [2.05, 4.69) is 15.3 Å². The fourth-order valence-electron chi connectivity index (χ4n) is 2.96. The van der Waals surface area contributed by atoms with E-state index >= 15 is 0 Å². The van der Waals surface area contributed by atoms with Crippen molar-refractivity contribution in [3.8, 4) is 0 Å². The Morgan fingerprint density at radius 2 is 2.18 bits per heavy atom. The topological polar surface area (TPSA) is 61.0 Å². The van der Waals surface area contributed by atoms with Gasteiger partial charge in [0.2, 0.25) is 0 Å². The zero-order valence-electron chi connectivity index (χ0n) is 12.7. The highest BCUT2D eigenvalue weighted by Crippen LogP contribution is 2.18. The second-order valence-electron chi connectivity index (χ2n) is 5.67. The fraction of sp³-hybridized carbons (Fsp3) is 0.412. The van der Waals surface area contributed by atoms with Crippen LogP contribution in [0.3, 0.4) is 0 Å². The van der Waals surface area contributed by atoms with E-state index in [9.17, 15) is 4.79 Å². The van der Waals surface area contributed by atoms with E-state index in [1.54, 1.807) is 12.4 Å². The van der Waals surface area contributed by atoms with Gasteiger partial charge in [-0.1, -0.05) is 6.07 Å². The molecule has 2 aromatic heterocycles. The summed E-state index contributed by atoms with van der Waals surface area (Å²) in [4.78, 5) is 22.3. The summed E-state index contributed by atoms with van der Waals surface area (Å²) in [5, 5.41) is 3.41. The molecule has 0 saturated carbocycles. The molecule has 1 amide bonds. The normalized spacial score (nSPS) is 18.6. The van der Waals surface area contributed by atoms with Gasteiger partial charge >= 0.3 is 0 Å². The van der Waals surface area contributed by atoms with E-state index < -0.39 is 0 Å². The maximum atomic E-state index is 12.9. The minimum atomic E-state index is 0.0579. The quantitative estimate of drug-likeness (QED) is 0.909. The summed E-state index contributed by atoms with van der Waals surface area (Å²) < 4.78 is 0. The fourth-order valence-corrected chi connectivity index (χ4v) is 2.96. The molecule has 0 aromatic carbocycles. The molecule has 5 heteroatoms. The molecule has 3 heterocycles. The summed E-state index contributed by atoms with van der Waals surface area (Å²) in [6.07, 6.45) is 6.69. The average molecular weight is 298 g/mol. The highest BCUT2D eigenvalue weighted by molar-refractivity contribution is 5.92. The number of H-pyrrole nitrogens is 1. The van der Waals surface area contributed by atoms with Crippen molar-refractivity contribution in [3.63, 3.8) is 0 Å². The number of pyridine rings is 1. The van der Waals surface area contributed by atoms with Gasteiger partial charge in [-0.3, -0.25) is 9.78 Å². The van der Waals surface area contributed by atoms with E-state index in [1.807, 2.05) is 35.2 Å². The van der Waals surface area contributed by atoms with Gasteiger partial charge in [-0.15, -0.1) is 0 Å². The molecule has 1 aliphatic heterocycles. The Morgan fingerprint density at radius 1 is 1.23 bits per heavy atom. The molecule has 1 unspecified atom stereocenters. The smallest absolute Gasteiger partial charge is 0.270 e. The molecular weight excluding hydrogens is 276 g/mol. The minimum absolute atomic E-state index is 0.0579. The van der Waals surface area contributed by atoms with Crippen LogP contribution in [0.4, 0.5) is 0 Å². The Kier molecular flexibility index (Phi) is 4.85. The molecular formula is C17H22N4O. The number of nitrogens with one attached hydrogen (secondary N) is 2. The molecule has 22 heavy (non-hydrogen) atoms. The van der Waals surface area contributed by atoms with Crippen LogP contribution in [-0.2, 0) is 6.54 Å². The molecule has 0 spiro atoms. The van der Waals surface area contributed by atoms with Crippen LogP contribution in [-0.4, -0.2) is 39.9 Å². The Balaban J connectivity index is 1.82. The highest BCUT2D eigenvalue weighted by atomic mass is 16.2. The Labute approximate surface area is 130 Å². The number of aromatic amines is 1. The van der Waals surface area contributed by atoms with Gasteiger partial charge in [0.1, 0.15) is 5.69 Å². The first-order valence-electron chi connectivity index (χ1n) is 7.89. The number of nitrogens with zero attached hydrogens (tertiary/aromatic N) is 2. The lowest BCUT2D eigenvalue weighted by Gasteiger charge is -2.30. The third kappa shape index (κ3) is 3.54. The monoisotopic (exact) mass is 298 g/mol. The lowest BCUT2D eigenvalue weighted by molar-refractivity contribution is 0.0637. The number of carbonyl (C=O) groups is 1. The third-order valence-electron chi connectivity index (χ3n) is 4.13. The van der Waals surface area contributed by atoms with Gasteiger partial charge < -0.3 is 15.2 Å². The van der Waals surface area contributed by atoms with Crippen molar-refractivity contribution in [2.24, 2.45) is 0 Å². The van der Waals surface area contributed by atoms with Crippen LogP contribution in [0.25, 0.3) is 0 Å². The molecule has 1 aliphatic rings. The van der Waals surface area contributed by atoms with Crippen LogP contribution in [0.2, 0.25) is 0 Å². The predicted octanol–water partition coefficient (Wildman–Crippen LogP) is 2.19. The minimum Gasteiger partial charge on any atom is -0.357 e. The van der Waals surface area contributed by atoms with Crippen molar-refractivity contribution >= 4 is 5.91 Å². The van der Waals surface area contributed by atoms with Crippen molar-refractivity contribution in [3.05, 3.63) is 54.1 Å². The van der Waals surface area contributed by atoms with E-state index in [0.29, 0.717) is 12.2 Å². The number of carbonyl (C=O) groups excluding carboxylic acids is 1. The molecule has 1 fully saturated rings. The number of rotatable bonds is 4. The van der Waals surface area contributed by atoms with Crippen molar-refractivity contribution < 1.29 is 4.79 Å². The largest absolute Gasteiger partial charge is 0.357 e. The Hall–Kier alpha value is -2.14. The van der Waals surface area contributed by atoms with Crippen molar-refractivity contribution in [2.75, 3.05) is 13.1 Å². The molecule has 116 valence electrons. The third-order valence-corrected chi connectivity index (χ3v) is 4.13. The van der Waals surface area contributed by atoms with Crippen LogP contribution >= 0.6 is 0 Å². The molecule has 2 aromatic rings. The summed E-state index contributed by atoms with van der Waals surface area (Å²) in [6, 6.07) is 9.80. The number of aromatic nitrogens is 2. The second kappa shape index (κ2) is 7.22. The molecule has 0 aliphatic carbocycles. The molecule has 3 rings (SSSR count). The summed E-state index contributed by atoms with van der Waals surface area (Å²) >= 11 is 0. The van der Waals surface area contributed by atoms with E-state index in [1.165, 1.54) is 0 Å². The summed E-state index contributed by atoms with van der Waals surface area (Å²) in [5.41, 5.74) is 1.58. The lowest BCUT2D eigenvalue weighted by atomic mass is 10.1. The standard InChI is InChI=1S/C17H22N4O/c22-17(16-7-4-11-20-16)21(13-14-5-1-2-10-19-14)15-6-3-9-18-12-8-15/h1-2,4-5,7,10-11,15,18,20H,3,6,8-9,12-13H2. The molecule has 1 saturated heterocycles. The van der Waals surface area contributed by atoms with Gasteiger partial charge in [0.05, 0.1) is 12.2 Å². The molecule has 1 atom stereocenters. The zero-order valence-corrected chi connectivity index (χ0v) is 12.7. The van der Waals surface area contributed by atoms with E-state index in [-0.39, 0.29) is 11.9 Å². The predicted molar refractivity (Wildman–Crippen MR) is 85.4 cm³/mol. The van der Waals surface area contributed by atoms with Gasteiger partial charge in [-0.25, -0.2) is 0 Å². The maximum absolute atomic E-state index is 12.9. The highest BCUT2D eigenvalue weighted by Gasteiger charge is 2.26. The first-order chi connectivity index (χ1) is 10.8. The van der Waals surface area contributed by atoms with E-state index in [0.717, 1.165) is 38.0 Å². The molecule has 0 bridgehead atoms. The van der Waals surface area contributed by atoms with Gasteiger partial charge in [-0.05, 0) is 56.6 Å². The zero-order chi connectivity index (χ0) is 15.2. The van der Waals surface area contributed by atoms with Crippen molar-refractivity contribution in [1.29, 1.82) is 0 Å². The average Bonchev–Trinajstić information content (AvgIpc) is 2.96. The van der Waals surface area contributed by atoms with Crippen LogP contribution in [0.1, 0.15) is 35.4 Å². The molecule has 5 nitrogen and oxygen atoms in total. The first kappa shape index (κ1) is 14.8. The van der Waals surface area contributed by atoms with Crippen LogP contribution in [0, 0.1) is 0 Å². The number of amides is 1. The SMILES string of the molecule is O=C(c1ccc[nH]1)N(Cc1ccccn1)C1CCCNCC1. The van der Waals surface area contributed by atoms with Crippen LogP contribution in [0.5, 0.6) is 0 Å². The van der Waals surface area contributed by atoms with Crippen LogP contribution < -0.4 is 5.32 Å². The molecule has 0 radical (unpaired) electrons. The van der Waals surface area contributed by atoms with Gasteiger partial charge in [0.25, 0.3) is 5.91 Å². The second-order valence-corrected chi connectivity index (χ2v) is 5.67. The van der Waals surface area contributed by atoms with Crippen molar-refractivity contribution in [2.45, 2.75) is 31.8 Å². The Morgan fingerprint density at radius 3 is 2.95 bits per heavy atom. The van der Waals surface area contributed by atoms with Gasteiger partial charge in [0.15, 0.2) is 0 Å². The number of hydrogen-bond donors (Lipinski definition) is 2. The van der Waals surface area contributed by atoms with E-state index in [4.69, 9.17) is 0 Å². The van der Waals surface area contributed by atoms with Crippen molar-refractivity contribution in [1.82, 2.24) is 20.2 Å². The number of hydrogen-bond acceptors (Lipinski definition) is 3. The first-order valence-corrected chi connectivity index (χ1v) is 7.89. The van der Waals surface area contributed by atoms with Gasteiger partial charge in [-0.2, -0.15) is 0 Å². The maximum Gasteiger partial charge on any atom is 0.270 e. The summed E-state index contributed by atoms with van der Waals surface area (Å²) in [7, 11) is 0. The molecule has 2 N–H and O–H groups in total. The summed E-state index contributed by atoms with van der Waals surface area (Å²) in [5.74, 6) is 0.0579. The lowest BCUT2D eigenvalue weighted by Crippen LogP contribution is -2.40. The van der Waals surface area contributed by atoms with Crippen LogP contribution in [0.15, 0.2) is 42.7 Å².